The van der Waals surface area contributed by atoms with E-state index in [1.54, 1.807) is 0 Å². The van der Waals surface area contributed by atoms with E-state index in [4.69, 9.17) is 4.74 Å². The van der Waals surface area contributed by atoms with Crippen molar-refractivity contribution in [2.75, 3.05) is 14.1 Å². The van der Waals surface area contributed by atoms with Crippen LogP contribution in [-0.2, 0) is 0 Å². The topological polar surface area (TPSA) is 12.5 Å². The summed E-state index contributed by atoms with van der Waals surface area (Å²) in [5, 5.41) is 0. The van der Waals surface area contributed by atoms with E-state index >= 15 is 0 Å². The van der Waals surface area contributed by atoms with Gasteiger partial charge in [0.15, 0.2) is 0 Å². The van der Waals surface area contributed by atoms with Gasteiger partial charge < -0.3 is 9.64 Å². The van der Waals surface area contributed by atoms with Gasteiger partial charge in [-0.05, 0) is 52.4 Å². The predicted octanol–water partition coefficient (Wildman–Crippen LogP) is 3.25. The van der Waals surface area contributed by atoms with Crippen LogP contribution in [0.4, 0.5) is 0 Å². The van der Waals surface area contributed by atoms with Gasteiger partial charge in [0.1, 0.15) is 11.9 Å². The van der Waals surface area contributed by atoms with Crippen LogP contribution in [0.15, 0.2) is 24.3 Å². The largest absolute Gasteiger partial charge is 0.489 e. The molecule has 0 heterocycles. The third kappa shape index (κ3) is 3.22. The van der Waals surface area contributed by atoms with E-state index in [2.05, 4.69) is 50.2 Å². The van der Waals surface area contributed by atoms with Gasteiger partial charge in [0.05, 0.1) is 0 Å². The van der Waals surface area contributed by atoms with Crippen molar-refractivity contribution in [1.29, 1.82) is 0 Å². The van der Waals surface area contributed by atoms with E-state index in [9.17, 15) is 0 Å². The lowest BCUT2D eigenvalue weighted by Crippen LogP contribution is -2.44. The summed E-state index contributed by atoms with van der Waals surface area (Å²) < 4.78 is 6.14. The second kappa shape index (κ2) is 5.54. The van der Waals surface area contributed by atoms with Gasteiger partial charge in [-0.1, -0.05) is 24.1 Å². The molecule has 0 bridgehead atoms. The molecule has 2 rings (SSSR count). The molecule has 17 heavy (non-hydrogen) atoms. The molecule has 0 unspecified atom stereocenters. The number of benzene rings is 1. The van der Waals surface area contributed by atoms with E-state index in [0.717, 1.165) is 5.75 Å². The zero-order valence-electron chi connectivity index (χ0n) is 11.1. The van der Waals surface area contributed by atoms with Gasteiger partial charge in [-0.2, -0.15) is 0 Å². The molecule has 2 nitrogen and oxygen atoms in total. The van der Waals surface area contributed by atoms with Gasteiger partial charge in [-0.25, -0.2) is 0 Å². The fourth-order valence-corrected chi connectivity index (χ4v) is 2.60. The first-order valence-corrected chi connectivity index (χ1v) is 6.56. The third-order valence-corrected chi connectivity index (χ3v) is 3.64. The highest BCUT2D eigenvalue weighted by molar-refractivity contribution is 5.26. The van der Waals surface area contributed by atoms with Crippen LogP contribution in [0.25, 0.3) is 0 Å². The smallest absolute Gasteiger partial charge is 0.119 e. The van der Waals surface area contributed by atoms with Gasteiger partial charge in [0.2, 0.25) is 0 Å². The highest BCUT2D eigenvalue weighted by Crippen LogP contribution is 2.26. The quantitative estimate of drug-likeness (QED) is 0.794. The van der Waals surface area contributed by atoms with Crippen molar-refractivity contribution in [3.63, 3.8) is 0 Å². The fourth-order valence-electron chi connectivity index (χ4n) is 2.60. The number of likely N-dealkylation sites (N-methyl/N-ethyl adjacent to an activating group) is 1. The average molecular weight is 233 g/mol. The molecule has 0 spiro atoms. The summed E-state index contributed by atoms with van der Waals surface area (Å²) >= 11 is 0. The normalized spacial score (nSPS) is 24.9. The molecule has 1 aliphatic rings. The molecule has 0 aliphatic heterocycles. The number of hydrogen-bond donors (Lipinski definition) is 0. The molecule has 1 aromatic rings. The molecule has 2 heteroatoms. The highest BCUT2D eigenvalue weighted by Gasteiger charge is 2.28. The molecule has 0 radical (unpaired) electrons. The van der Waals surface area contributed by atoms with Crippen molar-refractivity contribution in [3.05, 3.63) is 29.8 Å². The second-order valence-corrected chi connectivity index (χ2v) is 5.28. The molecule has 1 aliphatic carbocycles. The zero-order chi connectivity index (χ0) is 12.3. The lowest BCUT2D eigenvalue weighted by molar-refractivity contribution is 0.0623. The number of nitrogens with zero attached hydrogens (tertiary/aromatic N) is 1. The van der Waals surface area contributed by atoms with Gasteiger partial charge in [0.25, 0.3) is 0 Å². The Balaban J connectivity index is 2.02. The van der Waals surface area contributed by atoms with Gasteiger partial charge >= 0.3 is 0 Å². The standard InChI is InChI=1S/C15H23NO/c1-12-8-10-13(11-9-12)17-15-7-5-4-6-14(15)16(2)3/h8-11,14-15H,4-7H2,1-3H3/t14-,15-/m1/s1. The van der Waals surface area contributed by atoms with E-state index in [0.29, 0.717) is 12.1 Å². The van der Waals surface area contributed by atoms with Gasteiger partial charge in [0, 0.05) is 6.04 Å². The lowest BCUT2D eigenvalue weighted by Gasteiger charge is -2.36. The monoisotopic (exact) mass is 233 g/mol. The molecule has 0 saturated heterocycles. The Morgan fingerprint density at radius 2 is 1.71 bits per heavy atom. The summed E-state index contributed by atoms with van der Waals surface area (Å²) in [6.45, 7) is 2.10. The van der Waals surface area contributed by atoms with Crippen molar-refractivity contribution >= 4 is 0 Å². The molecule has 1 aromatic carbocycles. The van der Waals surface area contributed by atoms with Crippen LogP contribution in [0.1, 0.15) is 31.2 Å². The van der Waals surface area contributed by atoms with Crippen LogP contribution in [-0.4, -0.2) is 31.1 Å². The number of aryl methyl sites for hydroxylation is 1. The van der Waals surface area contributed by atoms with Crippen molar-refractivity contribution < 1.29 is 4.74 Å². The molecular formula is C15H23NO. The molecule has 1 saturated carbocycles. The molecule has 94 valence electrons. The summed E-state index contributed by atoms with van der Waals surface area (Å²) in [6.07, 6.45) is 5.40. The maximum absolute atomic E-state index is 6.14. The first-order valence-electron chi connectivity index (χ1n) is 6.56. The van der Waals surface area contributed by atoms with E-state index in [1.807, 2.05) is 0 Å². The van der Waals surface area contributed by atoms with E-state index in [-0.39, 0.29) is 0 Å². The van der Waals surface area contributed by atoms with Crippen LogP contribution < -0.4 is 4.74 Å². The van der Waals surface area contributed by atoms with Gasteiger partial charge in [-0.3, -0.25) is 0 Å². The van der Waals surface area contributed by atoms with Crippen molar-refractivity contribution in [2.24, 2.45) is 0 Å². The average Bonchev–Trinajstić information content (AvgIpc) is 2.32. The molecule has 0 amide bonds. The maximum atomic E-state index is 6.14. The van der Waals surface area contributed by atoms with Crippen LogP contribution in [0.2, 0.25) is 0 Å². The Morgan fingerprint density at radius 1 is 1.06 bits per heavy atom. The molecule has 2 atom stereocenters. The summed E-state index contributed by atoms with van der Waals surface area (Å²) in [7, 11) is 4.31. The molecular weight excluding hydrogens is 210 g/mol. The van der Waals surface area contributed by atoms with Crippen LogP contribution in [0.3, 0.4) is 0 Å². The molecule has 0 aromatic heterocycles. The number of rotatable bonds is 3. The SMILES string of the molecule is Cc1ccc(O[C@@H]2CCCC[C@H]2N(C)C)cc1. The fraction of sp³-hybridized carbons (Fsp3) is 0.600. The summed E-state index contributed by atoms with van der Waals surface area (Å²) in [6, 6.07) is 8.95. The van der Waals surface area contributed by atoms with Gasteiger partial charge in [-0.15, -0.1) is 0 Å². The van der Waals surface area contributed by atoms with Crippen molar-refractivity contribution in [1.82, 2.24) is 4.90 Å². The Bertz CT molecular complexity index is 344. The van der Waals surface area contributed by atoms with E-state index in [1.165, 1.54) is 31.2 Å². The first-order chi connectivity index (χ1) is 8.16. The maximum Gasteiger partial charge on any atom is 0.119 e. The highest BCUT2D eigenvalue weighted by atomic mass is 16.5. The van der Waals surface area contributed by atoms with Crippen LogP contribution in [0.5, 0.6) is 5.75 Å². The minimum Gasteiger partial charge on any atom is -0.489 e. The Kier molecular flexibility index (Phi) is 4.06. The van der Waals surface area contributed by atoms with Crippen LogP contribution >= 0.6 is 0 Å². The molecule has 1 fully saturated rings. The van der Waals surface area contributed by atoms with Crippen LogP contribution in [0, 0.1) is 6.92 Å². The van der Waals surface area contributed by atoms with E-state index < -0.39 is 0 Å². The lowest BCUT2D eigenvalue weighted by atomic mass is 9.91. The minimum atomic E-state index is 0.349. The predicted molar refractivity (Wildman–Crippen MR) is 71.5 cm³/mol. The number of hydrogen-bond acceptors (Lipinski definition) is 2. The third-order valence-electron chi connectivity index (χ3n) is 3.64. The summed E-state index contributed by atoms with van der Waals surface area (Å²) in [5.74, 6) is 1.01. The summed E-state index contributed by atoms with van der Waals surface area (Å²) in [4.78, 5) is 2.30. The first kappa shape index (κ1) is 12.4. The van der Waals surface area contributed by atoms with Crippen molar-refractivity contribution in [3.8, 4) is 5.75 Å². The van der Waals surface area contributed by atoms with Crippen molar-refractivity contribution in [2.45, 2.75) is 44.8 Å². The molecule has 0 N–H and O–H groups in total. The number of ether oxygens (including phenoxy) is 1. The zero-order valence-corrected chi connectivity index (χ0v) is 11.1. The Hall–Kier alpha value is -1.02. The second-order valence-electron chi connectivity index (χ2n) is 5.28. The minimum absolute atomic E-state index is 0.349. The Labute approximate surface area is 105 Å². The Morgan fingerprint density at radius 3 is 2.35 bits per heavy atom. The summed E-state index contributed by atoms with van der Waals surface area (Å²) in [5.41, 5.74) is 1.28.